The first-order chi connectivity index (χ1) is 15.0. The maximum atomic E-state index is 13.2. The molecule has 31 heavy (non-hydrogen) atoms. The molecule has 2 N–H and O–H groups in total. The SMILES string of the molecule is O=C1NCCC[C@@H]1NC(=O)[C@@H]1CN(C(=O)c2cccs2)CCN1C(=O)c1cnccn1. The lowest BCUT2D eigenvalue weighted by atomic mass is 10.0. The highest BCUT2D eigenvalue weighted by atomic mass is 32.1. The van der Waals surface area contributed by atoms with E-state index in [0.29, 0.717) is 17.8 Å². The van der Waals surface area contributed by atoms with Gasteiger partial charge in [-0.3, -0.25) is 24.2 Å². The van der Waals surface area contributed by atoms with Gasteiger partial charge < -0.3 is 20.4 Å². The largest absolute Gasteiger partial charge is 0.354 e. The number of carbonyl (C=O) groups excluding carboxylic acids is 4. The number of aromatic nitrogens is 2. The summed E-state index contributed by atoms with van der Waals surface area (Å²) in [6.07, 6.45) is 5.49. The smallest absolute Gasteiger partial charge is 0.274 e. The van der Waals surface area contributed by atoms with Crippen LogP contribution in [0.1, 0.15) is 33.0 Å². The molecule has 2 aliphatic heterocycles. The van der Waals surface area contributed by atoms with Crippen LogP contribution >= 0.6 is 11.3 Å². The number of rotatable bonds is 4. The van der Waals surface area contributed by atoms with Gasteiger partial charge in [0.25, 0.3) is 11.8 Å². The van der Waals surface area contributed by atoms with E-state index in [-0.39, 0.29) is 37.1 Å². The van der Waals surface area contributed by atoms with Crippen LogP contribution in [0.4, 0.5) is 0 Å². The first-order valence-corrected chi connectivity index (χ1v) is 10.9. The zero-order valence-electron chi connectivity index (χ0n) is 16.7. The Morgan fingerprint density at radius 1 is 1.19 bits per heavy atom. The van der Waals surface area contributed by atoms with E-state index in [2.05, 4.69) is 20.6 Å². The molecule has 0 saturated carbocycles. The van der Waals surface area contributed by atoms with Gasteiger partial charge >= 0.3 is 0 Å². The molecule has 0 bridgehead atoms. The molecule has 10 nitrogen and oxygen atoms in total. The number of nitrogens with one attached hydrogen (secondary N) is 2. The lowest BCUT2D eigenvalue weighted by Gasteiger charge is -2.40. The Labute approximate surface area is 182 Å². The summed E-state index contributed by atoms with van der Waals surface area (Å²) in [5.41, 5.74) is 0.119. The fraction of sp³-hybridized carbons (Fsp3) is 0.400. The van der Waals surface area contributed by atoms with Gasteiger partial charge in [-0.15, -0.1) is 11.3 Å². The Balaban J connectivity index is 1.55. The molecule has 162 valence electrons. The zero-order chi connectivity index (χ0) is 21.8. The molecular formula is C20H22N6O4S. The van der Waals surface area contributed by atoms with Crippen molar-refractivity contribution in [1.29, 1.82) is 0 Å². The third-order valence-corrected chi connectivity index (χ3v) is 6.20. The molecule has 11 heteroatoms. The Morgan fingerprint density at radius 3 is 2.77 bits per heavy atom. The molecule has 0 aliphatic carbocycles. The molecule has 0 spiro atoms. The summed E-state index contributed by atoms with van der Waals surface area (Å²) in [4.78, 5) is 62.6. The lowest BCUT2D eigenvalue weighted by molar-refractivity contribution is -0.133. The molecule has 0 radical (unpaired) electrons. The second kappa shape index (κ2) is 9.21. The molecule has 0 aromatic carbocycles. The molecule has 2 saturated heterocycles. The fourth-order valence-corrected chi connectivity index (χ4v) is 4.42. The van der Waals surface area contributed by atoms with Crippen molar-refractivity contribution in [2.45, 2.75) is 24.9 Å². The maximum Gasteiger partial charge on any atom is 0.274 e. The second-order valence-electron chi connectivity index (χ2n) is 7.33. The standard InChI is InChI=1S/C20H22N6O4S/c27-17-13(3-1-5-23-17)24-18(28)15-12-25(20(30)16-4-2-10-31-16)8-9-26(15)19(29)14-11-21-6-7-22-14/h2,4,6-7,10-11,13,15H,1,3,5,8-9,12H2,(H,23,27)(H,24,28)/t13-,15-/m0/s1. The summed E-state index contributed by atoms with van der Waals surface area (Å²) in [5, 5.41) is 7.30. The lowest BCUT2D eigenvalue weighted by Crippen LogP contribution is -2.63. The Bertz CT molecular complexity index is 967. The summed E-state index contributed by atoms with van der Waals surface area (Å²) in [6, 6.07) is 1.92. The van der Waals surface area contributed by atoms with Crippen LogP contribution in [-0.2, 0) is 9.59 Å². The van der Waals surface area contributed by atoms with Gasteiger partial charge in [-0.05, 0) is 24.3 Å². The number of hydrogen-bond acceptors (Lipinski definition) is 7. The van der Waals surface area contributed by atoms with Gasteiger partial charge in [-0.2, -0.15) is 0 Å². The molecule has 2 fully saturated rings. The molecule has 2 atom stereocenters. The molecular weight excluding hydrogens is 420 g/mol. The maximum absolute atomic E-state index is 13.2. The Morgan fingerprint density at radius 2 is 2.06 bits per heavy atom. The van der Waals surface area contributed by atoms with Gasteiger partial charge in [0.05, 0.1) is 17.6 Å². The Kier molecular flexibility index (Phi) is 6.21. The van der Waals surface area contributed by atoms with Crippen LogP contribution in [0.15, 0.2) is 36.1 Å². The first-order valence-electron chi connectivity index (χ1n) is 10.0. The van der Waals surface area contributed by atoms with E-state index in [0.717, 1.165) is 6.42 Å². The van der Waals surface area contributed by atoms with Crippen molar-refractivity contribution in [2.24, 2.45) is 0 Å². The highest BCUT2D eigenvalue weighted by Crippen LogP contribution is 2.19. The molecule has 4 amide bonds. The van der Waals surface area contributed by atoms with Crippen LogP contribution in [-0.4, -0.2) is 81.7 Å². The van der Waals surface area contributed by atoms with Crippen LogP contribution in [0.25, 0.3) is 0 Å². The predicted octanol–water partition coefficient (Wildman–Crippen LogP) is -0.100. The zero-order valence-corrected chi connectivity index (χ0v) is 17.5. The summed E-state index contributed by atoms with van der Waals surface area (Å²) < 4.78 is 0. The third kappa shape index (κ3) is 4.55. The van der Waals surface area contributed by atoms with Crippen LogP contribution in [0.3, 0.4) is 0 Å². The van der Waals surface area contributed by atoms with Gasteiger partial charge in [0.2, 0.25) is 11.8 Å². The number of piperidine rings is 1. The van der Waals surface area contributed by atoms with E-state index in [4.69, 9.17) is 0 Å². The van der Waals surface area contributed by atoms with E-state index in [1.165, 1.54) is 34.8 Å². The van der Waals surface area contributed by atoms with E-state index >= 15 is 0 Å². The summed E-state index contributed by atoms with van der Waals surface area (Å²) >= 11 is 1.32. The topological polar surface area (TPSA) is 125 Å². The van der Waals surface area contributed by atoms with Crippen molar-refractivity contribution >= 4 is 35.0 Å². The van der Waals surface area contributed by atoms with E-state index in [9.17, 15) is 19.2 Å². The number of piperazine rings is 1. The van der Waals surface area contributed by atoms with E-state index in [1.54, 1.807) is 17.0 Å². The highest BCUT2D eigenvalue weighted by molar-refractivity contribution is 7.12. The van der Waals surface area contributed by atoms with E-state index < -0.39 is 23.9 Å². The minimum Gasteiger partial charge on any atom is -0.354 e. The summed E-state index contributed by atoms with van der Waals surface area (Å²) in [5.74, 6) is -1.34. The van der Waals surface area contributed by atoms with Crippen molar-refractivity contribution in [3.05, 3.63) is 46.7 Å². The van der Waals surface area contributed by atoms with Crippen molar-refractivity contribution in [3.8, 4) is 0 Å². The minimum absolute atomic E-state index is 0.0307. The van der Waals surface area contributed by atoms with Crippen LogP contribution in [0.5, 0.6) is 0 Å². The summed E-state index contributed by atoms with van der Waals surface area (Å²) in [6.45, 7) is 1.07. The number of carbonyl (C=O) groups is 4. The highest BCUT2D eigenvalue weighted by Gasteiger charge is 2.39. The van der Waals surface area contributed by atoms with Gasteiger partial charge in [-0.1, -0.05) is 6.07 Å². The van der Waals surface area contributed by atoms with Gasteiger partial charge in [0, 0.05) is 32.0 Å². The van der Waals surface area contributed by atoms with Crippen molar-refractivity contribution in [2.75, 3.05) is 26.2 Å². The second-order valence-corrected chi connectivity index (χ2v) is 8.28. The molecule has 2 aromatic rings. The minimum atomic E-state index is -0.943. The number of hydrogen-bond donors (Lipinski definition) is 2. The van der Waals surface area contributed by atoms with E-state index in [1.807, 2.05) is 5.38 Å². The average molecular weight is 443 g/mol. The molecule has 4 heterocycles. The quantitative estimate of drug-likeness (QED) is 0.681. The van der Waals surface area contributed by atoms with Crippen molar-refractivity contribution < 1.29 is 19.2 Å². The predicted molar refractivity (Wildman–Crippen MR) is 111 cm³/mol. The van der Waals surface area contributed by atoms with Gasteiger partial charge in [0.1, 0.15) is 17.8 Å². The molecule has 2 aliphatic rings. The van der Waals surface area contributed by atoms with Crippen LogP contribution in [0, 0.1) is 0 Å². The normalized spacial score (nSPS) is 21.4. The summed E-state index contributed by atoms with van der Waals surface area (Å²) in [7, 11) is 0. The molecule has 4 rings (SSSR count). The monoisotopic (exact) mass is 442 g/mol. The molecule has 2 aromatic heterocycles. The Hall–Kier alpha value is -3.34. The number of thiophene rings is 1. The van der Waals surface area contributed by atoms with Gasteiger partial charge in [-0.25, -0.2) is 4.98 Å². The third-order valence-electron chi connectivity index (χ3n) is 5.35. The molecule has 0 unspecified atom stereocenters. The van der Waals surface area contributed by atoms with Crippen LogP contribution < -0.4 is 10.6 Å². The van der Waals surface area contributed by atoms with Crippen molar-refractivity contribution in [3.63, 3.8) is 0 Å². The van der Waals surface area contributed by atoms with Crippen molar-refractivity contribution in [1.82, 2.24) is 30.4 Å². The number of amides is 4. The number of nitrogens with zero attached hydrogens (tertiary/aromatic N) is 4. The average Bonchev–Trinajstić information content (AvgIpc) is 3.35. The first kappa shape index (κ1) is 20.9. The van der Waals surface area contributed by atoms with Crippen LogP contribution in [0.2, 0.25) is 0 Å². The fourth-order valence-electron chi connectivity index (χ4n) is 3.73. The van der Waals surface area contributed by atoms with Gasteiger partial charge in [0.15, 0.2) is 0 Å².